The van der Waals surface area contributed by atoms with Crippen molar-refractivity contribution in [2.24, 2.45) is 5.73 Å². The van der Waals surface area contributed by atoms with E-state index in [4.69, 9.17) is 10.8 Å². The molecule has 5 N–H and O–H groups in total. The second-order valence-corrected chi connectivity index (χ2v) is 7.18. The molecule has 0 aliphatic heterocycles. The number of rotatable bonds is 5. The molecule has 0 spiro atoms. The van der Waals surface area contributed by atoms with Crippen molar-refractivity contribution in [3.05, 3.63) is 55.7 Å². The Morgan fingerprint density at radius 2 is 2.00 bits per heavy atom. The fourth-order valence-corrected chi connectivity index (χ4v) is 3.66. The maximum absolute atomic E-state index is 12.8. The van der Waals surface area contributed by atoms with E-state index in [1.54, 1.807) is 18.2 Å². The number of hydrogen-bond acceptors (Lipinski definition) is 7. The fraction of sp³-hybridized carbons (Fsp3) is 0.235. The molecule has 2 atom stereocenters. The van der Waals surface area contributed by atoms with Crippen LogP contribution < -0.4 is 22.3 Å². The molecule has 0 saturated carbocycles. The van der Waals surface area contributed by atoms with Crippen molar-refractivity contribution in [3.8, 4) is 0 Å². The van der Waals surface area contributed by atoms with Crippen LogP contribution in [-0.4, -0.2) is 37.6 Å². The quantitative estimate of drug-likeness (QED) is 0.487. The minimum absolute atomic E-state index is 0.0200. The lowest BCUT2D eigenvalue weighted by Crippen LogP contribution is -2.49. The molecular formula is C17H17N5O5S. The highest BCUT2D eigenvalue weighted by Crippen LogP contribution is 2.23. The van der Waals surface area contributed by atoms with Gasteiger partial charge in [-0.15, -0.1) is 0 Å². The smallest absolute Gasteiger partial charge is 0.347 e. The number of nitrogens with zero attached hydrogens (tertiary/aromatic N) is 2. The van der Waals surface area contributed by atoms with Gasteiger partial charge in [0.25, 0.3) is 11.5 Å². The molecule has 0 aliphatic carbocycles. The number of carbonyl (C=O) groups excluding carboxylic acids is 1. The first-order valence-corrected chi connectivity index (χ1v) is 9.03. The molecule has 3 aromatic rings. The number of nitrogens with two attached hydrogens (primary N) is 1. The second-order valence-electron chi connectivity index (χ2n) is 6.18. The van der Waals surface area contributed by atoms with E-state index in [-0.39, 0.29) is 21.1 Å². The zero-order valence-corrected chi connectivity index (χ0v) is 15.7. The van der Waals surface area contributed by atoms with Gasteiger partial charge in [0.15, 0.2) is 5.13 Å². The number of carboxylic acids is 1. The average molecular weight is 403 g/mol. The Hall–Kier alpha value is -3.31. The van der Waals surface area contributed by atoms with Gasteiger partial charge < -0.3 is 21.1 Å². The molecule has 0 radical (unpaired) electrons. The number of carbonyl (C=O) groups is 2. The molecule has 1 aromatic carbocycles. The summed E-state index contributed by atoms with van der Waals surface area (Å²) in [6, 6.07) is 4.21. The third-order valence-electron chi connectivity index (χ3n) is 4.10. The van der Waals surface area contributed by atoms with Crippen molar-refractivity contribution in [3.63, 3.8) is 0 Å². The first kappa shape index (κ1) is 19.5. The molecule has 11 heteroatoms. The monoisotopic (exact) mass is 403 g/mol. The van der Waals surface area contributed by atoms with E-state index in [0.717, 1.165) is 15.9 Å². The summed E-state index contributed by atoms with van der Waals surface area (Å²) in [4.78, 5) is 55.8. The Morgan fingerprint density at radius 3 is 2.61 bits per heavy atom. The van der Waals surface area contributed by atoms with Crippen LogP contribution in [0.25, 0.3) is 10.9 Å². The van der Waals surface area contributed by atoms with Crippen LogP contribution in [0.2, 0.25) is 0 Å². The van der Waals surface area contributed by atoms with Crippen molar-refractivity contribution in [1.82, 2.24) is 14.5 Å². The largest absolute Gasteiger partial charge is 0.477 e. The van der Waals surface area contributed by atoms with E-state index in [1.165, 1.54) is 19.9 Å². The number of hydrogen-bond donors (Lipinski definition) is 4. The van der Waals surface area contributed by atoms with Crippen LogP contribution in [0, 0.1) is 6.92 Å². The van der Waals surface area contributed by atoms with Gasteiger partial charge in [0, 0.05) is 6.04 Å². The summed E-state index contributed by atoms with van der Waals surface area (Å²) in [6.07, 6.45) is 0. The molecule has 1 amide bonds. The van der Waals surface area contributed by atoms with Gasteiger partial charge in [0.05, 0.1) is 16.6 Å². The van der Waals surface area contributed by atoms with Crippen LogP contribution in [0.4, 0.5) is 5.13 Å². The molecule has 2 aromatic heterocycles. The molecule has 0 saturated heterocycles. The summed E-state index contributed by atoms with van der Waals surface area (Å²) >= 11 is 0.774. The van der Waals surface area contributed by atoms with Crippen LogP contribution in [0.1, 0.15) is 28.3 Å². The van der Waals surface area contributed by atoms with Gasteiger partial charge >= 0.3 is 11.7 Å². The highest BCUT2D eigenvalue weighted by Gasteiger charge is 2.29. The summed E-state index contributed by atoms with van der Waals surface area (Å²) in [5.74, 6) is -1.91. The minimum atomic E-state index is -1.32. The first-order valence-electron chi connectivity index (χ1n) is 8.21. The van der Waals surface area contributed by atoms with Crippen molar-refractivity contribution in [2.75, 3.05) is 5.32 Å². The maximum atomic E-state index is 12.8. The van der Waals surface area contributed by atoms with E-state index in [1.807, 2.05) is 0 Å². The topological polar surface area (TPSA) is 160 Å². The number of aromatic amines is 1. The Kier molecular flexibility index (Phi) is 5.12. The fourth-order valence-electron chi connectivity index (χ4n) is 2.85. The van der Waals surface area contributed by atoms with Gasteiger partial charge in [0.2, 0.25) is 0 Å². The van der Waals surface area contributed by atoms with Crippen LogP contribution in [0.15, 0.2) is 33.9 Å². The predicted octanol–water partition coefficient (Wildman–Crippen LogP) is 0.680. The normalized spacial score (nSPS) is 13.2. The molecule has 0 aliphatic rings. The molecule has 28 heavy (non-hydrogen) atoms. The van der Waals surface area contributed by atoms with Gasteiger partial charge in [-0.2, -0.15) is 0 Å². The summed E-state index contributed by atoms with van der Waals surface area (Å²) < 4.78 is 0.765. The summed E-state index contributed by atoms with van der Waals surface area (Å²) in [7, 11) is 0. The second kappa shape index (κ2) is 7.37. The van der Waals surface area contributed by atoms with Crippen molar-refractivity contribution in [1.29, 1.82) is 0 Å². The number of benzene rings is 1. The Bertz CT molecular complexity index is 1190. The van der Waals surface area contributed by atoms with Crippen LogP contribution >= 0.6 is 11.3 Å². The number of para-hydroxylation sites is 1. The molecule has 146 valence electrons. The van der Waals surface area contributed by atoms with Crippen molar-refractivity contribution in [2.45, 2.75) is 25.9 Å². The number of H-pyrrole nitrogens is 1. The molecule has 2 heterocycles. The van der Waals surface area contributed by atoms with Gasteiger partial charge in [-0.3, -0.25) is 9.59 Å². The lowest BCUT2D eigenvalue weighted by Gasteiger charge is -2.21. The van der Waals surface area contributed by atoms with Crippen molar-refractivity contribution < 1.29 is 14.7 Å². The molecule has 0 bridgehead atoms. The average Bonchev–Trinajstić information content (AvgIpc) is 2.98. The third kappa shape index (κ3) is 3.44. The zero-order valence-electron chi connectivity index (χ0n) is 14.9. The Labute approximate surface area is 161 Å². The van der Waals surface area contributed by atoms with Gasteiger partial charge in [-0.1, -0.05) is 23.5 Å². The lowest BCUT2D eigenvalue weighted by molar-refractivity contribution is -0.119. The predicted molar refractivity (Wildman–Crippen MR) is 104 cm³/mol. The summed E-state index contributed by atoms with van der Waals surface area (Å²) in [6.45, 7) is 2.98. The van der Waals surface area contributed by atoms with E-state index in [0.29, 0.717) is 5.52 Å². The first-order chi connectivity index (χ1) is 13.2. The molecule has 3 rings (SSSR count). The molecular weight excluding hydrogens is 386 g/mol. The third-order valence-corrected chi connectivity index (χ3v) is 5.16. The molecule has 1 unspecified atom stereocenters. The number of thiazole rings is 1. The van der Waals surface area contributed by atoms with Crippen LogP contribution in [0.5, 0.6) is 0 Å². The Balaban J connectivity index is 2.05. The van der Waals surface area contributed by atoms with E-state index >= 15 is 0 Å². The van der Waals surface area contributed by atoms with Crippen LogP contribution in [-0.2, 0) is 4.79 Å². The number of aromatic nitrogens is 3. The van der Waals surface area contributed by atoms with Gasteiger partial charge in [-0.05, 0) is 26.0 Å². The summed E-state index contributed by atoms with van der Waals surface area (Å²) in [5, 5.41) is 11.8. The van der Waals surface area contributed by atoms with E-state index in [9.17, 15) is 19.2 Å². The maximum Gasteiger partial charge on any atom is 0.347 e. The number of fused-ring (bicyclic) bond motifs is 1. The standard InChI is InChI=1S/C17H17N5O5S/c1-7(18)11(13(23)21-16-19-8(2)12(28-16)15(25)26)22-14(24)9-5-3-4-6-10(9)20-17(22)27/h3-7,11H,18H2,1-2H3,(H,20,27)(H,25,26)(H,19,21,23)/t7?,11-/m0/s1. The van der Waals surface area contributed by atoms with Gasteiger partial charge in [0.1, 0.15) is 10.9 Å². The number of aryl methyl sites for hydroxylation is 1. The van der Waals surface area contributed by atoms with E-state index in [2.05, 4.69) is 15.3 Å². The number of anilines is 1. The Morgan fingerprint density at radius 1 is 1.32 bits per heavy atom. The van der Waals surface area contributed by atoms with Crippen LogP contribution in [0.3, 0.4) is 0 Å². The highest BCUT2D eigenvalue weighted by atomic mass is 32.1. The number of carboxylic acid groups (broad SMARTS) is 1. The lowest BCUT2D eigenvalue weighted by atomic mass is 10.1. The summed E-state index contributed by atoms with van der Waals surface area (Å²) in [5.41, 5.74) is 5.06. The zero-order chi connectivity index (χ0) is 20.6. The molecule has 10 nitrogen and oxygen atoms in total. The number of aromatic carboxylic acids is 1. The number of amides is 1. The minimum Gasteiger partial charge on any atom is -0.477 e. The highest BCUT2D eigenvalue weighted by molar-refractivity contribution is 7.17. The molecule has 0 fully saturated rings. The SMILES string of the molecule is Cc1nc(NC(=O)[C@H](C(C)N)n2c(=O)[nH]c3ccccc3c2=O)sc1C(=O)O. The number of nitrogens with one attached hydrogen (secondary N) is 2. The van der Waals surface area contributed by atoms with E-state index < -0.39 is 35.2 Å². The van der Waals surface area contributed by atoms with Crippen molar-refractivity contribution >= 4 is 39.2 Å². The van der Waals surface area contributed by atoms with Gasteiger partial charge in [-0.25, -0.2) is 19.1 Å².